The van der Waals surface area contributed by atoms with Crippen LogP contribution in [0.25, 0.3) is 11.0 Å². The number of nitrogens with zero attached hydrogens (tertiary/aromatic N) is 2. The Bertz CT molecular complexity index is 758. The van der Waals surface area contributed by atoms with Crippen LogP contribution in [0.2, 0.25) is 5.15 Å². The Balaban J connectivity index is 1.91. The van der Waals surface area contributed by atoms with Crippen molar-refractivity contribution in [1.29, 1.82) is 0 Å². The van der Waals surface area contributed by atoms with Crippen LogP contribution in [-0.4, -0.2) is 23.6 Å². The van der Waals surface area contributed by atoms with Crippen molar-refractivity contribution >= 4 is 38.5 Å². The molecular weight excluding hydrogens is 310 g/mol. The third kappa shape index (κ3) is 3.11. The van der Waals surface area contributed by atoms with Gasteiger partial charge in [-0.15, -0.1) is 0 Å². The van der Waals surface area contributed by atoms with Crippen LogP contribution in [0.1, 0.15) is 32.1 Å². The first-order valence-electron chi connectivity index (χ1n) is 7.00. The van der Waals surface area contributed by atoms with E-state index in [2.05, 4.69) is 14.7 Å². The zero-order valence-corrected chi connectivity index (χ0v) is 13.0. The molecule has 0 bridgehead atoms. The molecule has 1 aromatic carbocycles. The molecule has 0 saturated heterocycles. The molecule has 0 amide bonds. The van der Waals surface area contributed by atoms with Gasteiger partial charge in [0.25, 0.3) is 0 Å². The quantitative estimate of drug-likeness (QED) is 0.939. The number of sulfonamides is 1. The minimum absolute atomic E-state index is 0.0769. The topological polar surface area (TPSA) is 72.0 Å². The van der Waals surface area contributed by atoms with E-state index in [4.69, 9.17) is 11.6 Å². The fourth-order valence-corrected chi connectivity index (χ4v) is 4.41. The first-order valence-corrected chi connectivity index (χ1v) is 8.92. The van der Waals surface area contributed by atoms with Crippen LogP contribution in [0.4, 0.5) is 5.82 Å². The van der Waals surface area contributed by atoms with Gasteiger partial charge in [-0.25, -0.2) is 18.4 Å². The maximum Gasteiger partial charge on any atom is 0.236 e. The van der Waals surface area contributed by atoms with Gasteiger partial charge < -0.3 is 0 Å². The maximum atomic E-state index is 12.4. The second-order valence-electron chi connectivity index (χ2n) is 5.26. The summed E-state index contributed by atoms with van der Waals surface area (Å²) in [4.78, 5) is 8.45. The summed E-state index contributed by atoms with van der Waals surface area (Å²) >= 11 is 6.05. The zero-order chi connectivity index (χ0) is 14.9. The Morgan fingerprint density at radius 2 is 1.67 bits per heavy atom. The molecule has 1 aromatic heterocycles. The zero-order valence-electron chi connectivity index (χ0n) is 11.4. The molecule has 1 saturated carbocycles. The fraction of sp³-hybridized carbons (Fsp3) is 0.429. The highest BCUT2D eigenvalue weighted by atomic mass is 35.5. The van der Waals surface area contributed by atoms with Gasteiger partial charge in [0.1, 0.15) is 0 Å². The summed E-state index contributed by atoms with van der Waals surface area (Å²) < 4.78 is 27.3. The van der Waals surface area contributed by atoms with Crippen molar-refractivity contribution in [2.24, 2.45) is 0 Å². The van der Waals surface area contributed by atoms with Crippen LogP contribution in [0.5, 0.6) is 0 Å². The van der Waals surface area contributed by atoms with E-state index in [9.17, 15) is 8.42 Å². The molecule has 112 valence electrons. The van der Waals surface area contributed by atoms with E-state index in [0.29, 0.717) is 23.9 Å². The summed E-state index contributed by atoms with van der Waals surface area (Å²) in [5, 5.41) is -0.288. The van der Waals surface area contributed by atoms with Crippen molar-refractivity contribution in [3.63, 3.8) is 0 Å². The Hall–Kier alpha value is -1.40. The minimum Gasteiger partial charge on any atom is -0.265 e. The van der Waals surface area contributed by atoms with Gasteiger partial charge in [0.15, 0.2) is 11.0 Å². The van der Waals surface area contributed by atoms with E-state index < -0.39 is 10.0 Å². The number of halogens is 1. The summed E-state index contributed by atoms with van der Waals surface area (Å²) in [5.41, 5.74) is 1.26. The summed E-state index contributed by atoms with van der Waals surface area (Å²) in [5.74, 6) is 0.112. The molecule has 3 rings (SSSR count). The van der Waals surface area contributed by atoms with Gasteiger partial charge in [-0.2, -0.15) is 0 Å². The summed E-state index contributed by atoms with van der Waals surface area (Å²) in [6.45, 7) is 0. The number of hydrogen-bond donors (Lipinski definition) is 1. The van der Waals surface area contributed by atoms with Gasteiger partial charge in [-0.3, -0.25) is 4.72 Å². The van der Waals surface area contributed by atoms with E-state index in [1.807, 2.05) is 12.1 Å². The van der Waals surface area contributed by atoms with E-state index in [0.717, 1.165) is 19.3 Å². The molecule has 0 unspecified atom stereocenters. The van der Waals surface area contributed by atoms with Crippen molar-refractivity contribution in [3.05, 3.63) is 29.4 Å². The van der Waals surface area contributed by atoms with E-state index in [1.54, 1.807) is 12.1 Å². The minimum atomic E-state index is -3.46. The van der Waals surface area contributed by atoms with Crippen molar-refractivity contribution in [2.45, 2.75) is 37.4 Å². The lowest BCUT2D eigenvalue weighted by Crippen LogP contribution is -2.30. The van der Waals surface area contributed by atoms with E-state index >= 15 is 0 Å². The SMILES string of the molecule is O=S(=O)(Nc1nc2ccccc2nc1Cl)C1CCCCC1. The van der Waals surface area contributed by atoms with Gasteiger partial charge in [-0.1, -0.05) is 43.0 Å². The molecule has 5 nitrogen and oxygen atoms in total. The molecular formula is C14H16ClN3O2S. The van der Waals surface area contributed by atoms with Crippen LogP contribution >= 0.6 is 11.6 Å². The van der Waals surface area contributed by atoms with Crippen LogP contribution < -0.4 is 4.72 Å². The Labute approximate surface area is 128 Å². The third-order valence-electron chi connectivity index (χ3n) is 3.76. The standard InChI is InChI=1S/C14H16ClN3O2S/c15-13-14(17-12-9-5-4-8-11(12)16-13)18-21(19,20)10-6-2-1-3-7-10/h4-5,8-10H,1-3,6-7H2,(H,17,18). The van der Waals surface area contributed by atoms with Crippen LogP contribution in [0.15, 0.2) is 24.3 Å². The predicted molar refractivity (Wildman–Crippen MR) is 84.0 cm³/mol. The lowest BCUT2D eigenvalue weighted by Gasteiger charge is -2.22. The molecule has 1 heterocycles. The van der Waals surface area contributed by atoms with Gasteiger partial charge >= 0.3 is 0 Å². The average Bonchev–Trinajstić information content (AvgIpc) is 2.49. The number of anilines is 1. The first-order chi connectivity index (χ1) is 10.1. The van der Waals surface area contributed by atoms with E-state index in [1.165, 1.54) is 0 Å². The molecule has 2 aromatic rings. The highest BCUT2D eigenvalue weighted by Crippen LogP contribution is 2.27. The molecule has 21 heavy (non-hydrogen) atoms. The molecule has 1 N–H and O–H groups in total. The van der Waals surface area contributed by atoms with Gasteiger partial charge in [-0.05, 0) is 25.0 Å². The third-order valence-corrected chi connectivity index (χ3v) is 5.85. The molecule has 0 radical (unpaired) electrons. The summed E-state index contributed by atoms with van der Waals surface area (Å²) in [6, 6.07) is 7.22. The molecule has 0 atom stereocenters. The maximum absolute atomic E-state index is 12.4. The van der Waals surface area contributed by atoms with Crippen molar-refractivity contribution in [2.75, 3.05) is 4.72 Å². The van der Waals surface area contributed by atoms with Crippen molar-refractivity contribution < 1.29 is 8.42 Å². The number of aromatic nitrogens is 2. The van der Waals surface area contributed by atoms with Gasteiger partial charge in [0.2, 0.25) is 10.0 Å². The van der Waals surface area contributed by atoms with E-state index in [-0.39, 0.29) is 16.2 Å². The fourth-order valence-electron chi connectivity index (χ4n) is 2.64. The normalized spacial score (nSPS) is 17.0. The van der Waals surface area contributed by atoms with Gasteiger partial charge in [0.05, 0.1) is 16.3 Å². The molecule has 0 spiro atoms. The number of nitrogens with one attached hydrogen (secondary N) is 1. The summed E-state index contributed by atoms with van der Waals surface area (Å²) in [6.07, 6.45) is 4.37. The molecule has 1 aliphatic carbocycles. The van der Waals surface area contributed by atoms with Crippen molar-refractivity contribution in [3.8, 4) is 0 Å². The average molecular weight is 326 g/mol. The Morgan fingerprint density at radius 3 is 2.33 bits per heavy atom. The Kier molecular flexibility index (Phi) is 3.99. The number of para-hydroxylation sites is 2. The number of hydrogen-bond acceptors (Lipinski definition) is 4. The van der Waals surface area contributed by atoms with Crippen molar-refractivity contribution in [1.82, 2.24) is 9.97 Å². The summed E-state index contributed by atoms with van der Waals surface area (Å²) in [7, 11) is -3.46. The highest BCUT2D eigenvalue weighted by molar-refractivity contribution is 7.93. The molecule has 0 aliphatic heterocycles. The van der Waals surface area contributed by atoms with Crippen LogP contribution in [0.3, 0.4) is 0 Å². The first kappa shape index (κ1) is 14.5. The number of benzene rings is 1. The largest absolute Gasteiger partial charge is 0.265 e. The molecule has 1 fully saturated rings. The predicted octanol–water partition coefficient (Wildman–Crippen LogP) is 3.36. The second-order valence-corrected chi connectivity index (χ2v) is 7.58. The molecule has 7 heteroatoms. The van der Waals surface area contributed by atoms with Gasteiger partial charge in [0, 0.05) is 0 Å². The molecule has 1 aliphatic rings. The van der Waals surface area contributed by atoms with Crippen LogP contribution in [-0.2, 0) is 10.0 Å². The van der Waals surface area contributed by atoms with Crippen LogP contribution in [0, 0.1) is 0 Å². The Morgan fingerprint density at radius 1 is 1.05 bits per heavy atom. The smallest absolute Gasteiger partial charge is 0.236 e. The highest BCUT2D eigenvalue weighted by Gasteiger charge is 2.28. The second kappa shape index (κ2) is 5.77. The lowest BCUT2D eigenvalue weighted by molar-refractivity contribution is 0.486. The number of fused-ring (bicyclic) bond motifs is 1. The lowest BCUT2D eigenvalue weighted by atomic mass is 10.0. The number of rotatable bonds is 3. The monoisotopic (exact) mass is 325 g/mol.